The number of aliphatic hydroxyl groups is 2. The van der Waals surface area contributed by atoms with E-state index in [4.69, 9.17) is 5.11 Å². The number of rotatable bonds is 6. The molecule has 0 aliphatic heterocycles. The summed E-state index contributed by atoms with van der Waals surface area (Å²) in [4.78, 5) is 3.37. The number of hydrogen-bond acceptors (Lipinski definition) is 4. The van der Waals surface area contributed by atoms with Gasteiger partial charge in [-0.3, -0.25) is 4.90 Å². The Morgan fingerprint density at radius 1 is 1.05 bits per heavy atom. The van der Waals surface area contributed by atoms with Gasteiger partial charge in [-0.25, -0.2) is 0 Å². The molecule has 0 saturated heterocycles. The summed E-state index contributed by atoms with van der Waals surface area (Å²) in [5, 5.41) is 20.1. The lowest BCUT2D eigenvalue weighted by atomic mass is 10.2. The van der Waals surface area contributed by atoms with Crippen molar-refractivity contribution in [2.75, 3.05) is 19.8 Å². The van der Waals surface area contributed by atoms with Gasteiger partial charge in [0.1, 0.15) is 6.61 Å². The summed E-state index contributed by atoms with van der Waals surface area (Å²) in [5.41, 5.74) is 2.19. The Balaban J connectivity index is 2.07. The van der Waals surface area contributed by atoms with Gasteiger partial charge in [-0.15, -0.1) is 11.3 Å². The van der Waals surface area contributed by atoms with Crippen molar-refractivity contribution in [1.82, 2.24) is 4.90 Å². The molecule has 21 heavy (non-hydrogen) atoms. The van der Waals surface area contributed by atoms with Crippen LogP contribution in [0, 0.1) is 11.8 Å². The minimum absolute atomic E-state index is 0.125. The van der Waals surface area contributed by atoms with Gasteiger partial charge in [-0.2, -0.15) is 0 Å². The summed E-state index contributed by atoms with van der Waals surface area (Å²) in [6, 6.07) is 12.2. The third-order valence-corrected chi connectivity index (χ3v) is 3.99. The average Bonchev–Trinajstić information content (AvgIpc) is 2.93. The summed E-state index contributed by atoms with van der Waals surface area (Å²) in [6.45, 7) is 2.18. The van der Waals surface area contributed by atoms with E-state index in [0.717, 1.165) is 18.7 Å². The summed E-state index contributed by atoms with van der Waals surface area (Å²) in [7, 11) is 0. The lowest BCUT2D eigenvalue weighted by molar-refractivity contribution is 0.185. The minimum atomic E-state index is -0.125. The molecule has 0 saturated carbocycles. The molecule has 0 aliphatic rings. The highest BCUT2D eigenvalue weighted by atomic mass is 32.1. The molecule has 0 unspecified atom stereocenters. The maximum absolute atomic E-state index is 9.25. The summed E-state index contributed by atoms with van der Waals surface area (Å²) in [6.07, 6.45) is 0. The first-order valence-electron chi connectivity index (χ1n) is 6.86. The third-order valence-electron chi connectivity index (χ3n) is 3.08. The topological polar surface area (TPSA) is 43.7 Å². The summed E-state index contributed by atoms with van der Waals surface area (Å²) in [5.74, 6) is 5.67. The van der Waals surface area contributed by atoms with Gasteiger partial charge in [0, 0.05) is 30.1 Å². The molecular weight excluding hydrogens is 282 g/mol. The molecular formula is C17H19NO2S. The Morgan fingerprint density at radius 3 is 2.57 bits per heavy atom. The molecule has 1 aromatic heterocycles. The first kappa shape index (κ1) is 15.7. The summed E-state index contributed by atoms with van der Waals surface area (Å²) < 4.78 is 0. The van der Waals surface area contributed by atoms with Crippen LogP contribution in [0.3, 0.4) is 0 Å². The zero-order valence-corrected chi connectivity index (χ0v) is 12.6. The largest absolute Gasteiger partial charge is 0.395 e. The molecule has 0 fully saturated rings. The second-order valence-electron chi connectivity index (χ2n) is 4.64. The fourth-order valence-electron chi connectivity index (χ4n) is 2.11. The molecule has 0 atom stereocenters. The Labute approximate surface area is 129 Å². The predicted octanol–water partition coefficient (Wildman–Crippen LogP) is 2.09. The maximum atomic E-state index is 9.25. The van der Waals surface area contributed by atoms with Gasteiger partial charge in [-0.05, 0) is 17.0 Å². The van der Waals surface area contributed by atoms with Gasteiger partial charge < -0.3 is 10.2 Å². The van der Waals surface area contributed by atoms with Crippen molar-refractivity contribution < 1.29 is 10.2 Å². The zero-order chi connectivity index (χ0) is 14.9. The molecule has 2 rings (SSSR count). The van der Waals surface area contributed by atoms with Gasteiger partial charge in [0.05, 0.1) is 6.61 Å². The highest BCUT2D eigenvalue weighted by Gasteiger charge is 2.10. The lowest BCUT2D eigenvalue weighted by Crippen LogP contribution is -2.26. The van der Waals surface area contributed by atoms with Crippen LogP contribution in [0.15, 0.2) is 41.8 Å². The fraction of sp³-hybridized carbons (Fsp3) is 0.294. The first-order valence-corrected chi connectivity index (χ1v) is 7.74. The number of benzene rings is 1. The van der Waals surface area contributed by atoms with E-state index in [1.54, 1.807) is 11.3 Å². The highest BCUT2D eigenvalue weighted by molar-refractivity contribution is 7.10. The molecule has 110 valence electrons. The first-order chi connectivity index (χ1) is 10.3. The van der Waals surface area contributed by atoms with Crippen LogP contribution >= 0.6 is 11.3 Å². The second kappa shape index (κ2) is 8.60. The van der Waals surface area contributed by atoms with Gasteiger partial charge in [-0.1, -0.05) is 42.2 Å². The Morgan fingerprint density at radius 2 is 1.86 bits per heavy atom. The van der Waals surface area contributed by atoms with Crippen LogP contribution in [0.4, 0.5) is 0 Å². The fourth-order valence-corrected chi connectivity index (χ4v) is 2.98. The van der Waals surface area contributed by atoms with Crippen molar-refractivity contribution in [1.29, 1.82) is 0 Å². The predicted molar refractivity (Wildman–Crippen MR) is 85.9 cm³/mol. The van der Waals surface area contributed by atoms with E-state index < -0.39 is 0 Å². The van der Waals surface area contributed by atoms with Crippen LogP contribution in [0.25, 0.3) is 0 Å². The Hall–Kier alpha value is -1.64. The molecule has 4 heteroatoms. The number of hydrogen-bond donors (Lipinski definition) is 2. The van der Waals surface area contributed by atoms with Crippen molar-refractivity contribution in [3.63, 3.8) is 0 Å². The van der Waals surface area contributed by atoms with Crippen LogP contribution in [0.1, 0.15) is 16.0 Å². The van der Waals surface area contributed by atoms with Gasteiger partial charge >= 0.3 is 0 Å². The van der Waals surface area contributed by atoms with Crippen LogP contribution in [-0.4, -0.2) is 34.9 Å². The van der Waals surface area contributed by atoms with Gasteiger partial charge in [0.2, 0.25) is 0 Å². The molecule has 0 radical (unpaired) electrons. The molecule has 2 N–H and O–H groups in total. The van der Waals surface area contributed by atoms with Crippen molar-refractivity contribution in [3.8, 4) is 11.8 Å². The third kappa shape index (κ3) is 5.00. The second-order valence-corrected chi connectivity index (χ2v) is 5.64. The highest BCUT2D eigenvalue weighted by Crippen LogP contribution is 2.19. The number of aliphatic hydroxyl groups excluding tert-OH is 2. The normalized spacial score (nSPS) is 10.4. The quantitative estimate of drug-likeness (QED) is 0.803. The van der Waals surface area contributed by atoms with Crippen molar-refractivity contribution >= 4 is 11.3 Å². The van der Waals surface area contributed by atoms with Crippen LogP contribution < -0.4 is 0 Å². The number of nitrogens with zero attached hydrogens (tertiary/aromatic N) is 1. The molecule has 0 amide bonds. The van der Waals surface area contributed by atoms with E-state index in [1.807, 2.05) is 29.6 Å². The summed E-state index contributed by atoms with van der Waals surface area (Å²) >= 11 is 1.66. The minimum Gasteiger partial charge on any atom is -0.395 e. The Kier molecular flexibility index (Phi) is 6.45. The molecule has 0 spiro atoms. The molecule has 0 aliphatic carbocycles. The zero-order valence-electron chi connectivity index (χ0n) is 11.8. The number of thiophene rings is 1. The van der Waals surface area contributed by atoms with E-state index in [2.05, 4.69) is 28.9 Å². The monoisotopic (exact) mass is 301 g/mol. The van der Waals surface area contributed by atoms with Crippen LogP contribution in [0.5, 0.6) is 0 Å². The maximum Gasteiger partial charge on any atom is 0.104 e. The van der Waals surface area contributed by atoms with E-state index in [9.17, 15) is 5.11 Å². The van der Waals surface area contributed by atoms with Crippen molar-refractivity contribution in [2.24, 2.45) is 0 Å². The van der Waals surface area contributed by atoms with E-state index in [-0.39, 0.29) is 13.2 Å². The molecule has 1 heterocycles. The molecule has 2 aromatic rings. The lowest BCUT2D eigenvalue weighted by Gasteiger charge is -2.21. The van der Waals surface area contributed by atoms with E-state index >= 15 is 0 Å². The smallest absolute Gasteiger partial charge is 0.104 e. The molecule has 0 bridgehead atoms. The van der Waals surface area contributed by atoms with Gasteiger partial charge in [0.15, 0.2) is 0 Å². The van der Waals surface area contributed by atoms with Crippen LogP contribution in [-0.2, 0) is 13.1 Å². The SMILES string of the molecule is OCC#Cc1ccsc1CN(CCO)Cc1ccccc1. The van der Waals surface area contributed by atoms with E-state index in [0.29, 0.717) is 6.54 Å². The standard InChI is InChI=1S/C17H19NO2S/c19-10-4-7-16-8-12-21-17(16)14-18(9-11-20)13-15-5-2-1-3-6-15/h1-3,5-6,8,12,19-20H,9-11,13-14H2. The van der Waals surface area contributed by atoms with Crippen molar-refractivity contribution in [3.05, 3.63) is 57.8 Å². The van der Waals surface area contributed by atoms with Crippen molar-refractivity contribution in [2.45, 2.75) is 13.1 Å². The van der Waals surface area contributed by atoms with Crippen LogP contribution in [0.2, 0.25) is 0 Å². The molecule has 1 aromatic carbocycles. The van der Waals surface area contributed by atoms with Gasteiger partial charge in [0.25, 0.3) is 0 Å². The van der Waals surface area contributed by atoms with E-state index in [1.165, 1.54) is 10.4 Å². The molecule has 3 nitrogen and oxygen atoms in total. The Bertz CT molecular complexity index is 598. The average molecular weight is 301 g/mol.